The van der Waals surface area contributed by atoms with Crippen LogP contribution in [0.15, 0.2) is 61.3 Å². The lowest BCUT2D eigenvalue weighted by Crippen LogP contribution is -2.29. The number of hydrogen-bond acceptors (Lipinski definition) is 6. The monoisotopic (exact) mass is 472 g/mol. The summed E-state index contributed by atoms with van der Waals surface area (Å²) < 4.78 is 0. The van der Waals surface area contributed by atoms with Crippen molar-refractivity contribution in [3.8, 4) is 11.3 Å². The Balaban J connectivity index is 1.49. The molecule has 0 aliphatic carbocycles. The minimum absolute atomic E-state index is 0.0251. The van der Waals surface area contributed by atoms with Gasteiger partial charge in [-0.15, -0.1) is 0 Å². The van der Waals surface area contributed by atoms with Crippen molar-refractivity contribution in [2.45, 2.75) is 25.7 Å². The van der Waals surface area contributed by atoms with Crippen molar-refractivity contribution in [2.75, 3.05) is 23.3 Å². The van der Waals surface area contributed by atoms with Crippen LogP contribution in [-0.2, 0) is 11.2 Å². The van der Waals surface area contributed by atoms with Crippen LogP contribution in [0.4, 0.5) is 17.3 Å². The molecule has 1 saturated heterocycles. The van der Waals surface area contributed by atoms with Crippen molar-refractivity contribution in [1.82, 2.24) is 20.2 Å². The van der Waals surface area contributed by atoms with E-state index in [-0.39, 0.29) is 5.78 Å². The first-order valence-electron chi connectivity index (χ1n) is 11.4. The van der Waals surface area contributed by atoms with E-state index in [2.05, 4.69) is 38.0 Å². The predicted octanol–water partition coefficient (Wildman–Crippen LogP) is 5.70. The van der Waals surface area contributed by atoms with E-state index in [1.54, 1.807) is 6.20 Å². The van der Waals surface area contributed by atoms with Crippen LogP contribution in [0.2, 0.25) is 5.02 Å². The third kappa shape index (κ3) is 4.65. The van der Waals surface area contributed by atoms with Crippen molar-refractivity contribution < 1.29 is 4.79 Å². The summed E-state index contributed by atoms with van der Waals surface area (Å²) in [5.41, 5.74) is 5.03. The largest absolute Gasteiger partial charge is 0.370 e. The zero-order valence-electron chi connectivity index (χ0n) is 18.7. The molecule has 0 radical (unpaired) electrons. The van der Waals surface area contributed by atoms with E-state index in [4.69, 9.17) is 16.6 Å². The Hall–Kier alpha value is -3.71. The minimum atomic E-state index is -0.0251. The summed E-state index contributed by atoms with van der Waals surface area (Å²) in [5, 5.41) is 12.0. The quantitative estimate of drug-likeness (QED) is 0.335. The molecule has 0 amide bonds. The molecule has 0 spiro atoms. The van der Waals surface area contributed by atoms with Crippen molar-refractivity contribution in [3.63, 3.8) is 0 Å². The Labute approximate surface area is 202 Å². The number of nitrogens with one attached hydrogen (secondary N) is 2. The molecule has 5 rings (SSSR count). The Morgan fingerprint density at radius 3 is 2.82 bits per heavy atom. The number of nitrogens with zero attached hydrogens (tertiary/aromatic N) is 4. The minimum Gasteiger partial charge on any atom is -0.370 e. The smallest absolute Gasteiger partial charge is 0.229 e. The Morgan fingerprint density at radius 1 is 1.15 bits per heavy atom. The number of anilines is 3. The number of allylic oxidation sites excluding steroid dienone is 1. The van der Waals surface area contributed by atoms with Gasteiger partial charge in [0.15, 0.2) is 11.4 Å². The van der Waals surface area contributed by atoms with E-state index in [0.29, 0.717) is 18.0 Å². The van der Waals surface area contributed by atoms with Crippen LogP contribution in [0.25, 0.3) is 22.3 Å². The van der Waals surface area contributed by atoms with Crippen molar-refractivity contribution in [1.29, 1.82) is 0 Å². The molecule has 34 heavy (non-hydrogen) atoms. The summed E-state index contributed by atoms with van der Waals surface area (Å²) in [4.78, 5) is 23.6. The van der Waals surface area contributed by atoms with E-state index in [1.807, 2.05) is 36.4 Å². The number of halogens is 1. The highest BCUT2D eigenvalue weighted by atomic mass is 35.5. The fourth-order valence-electron chi connectivity index (χ4n) is 4.31. The summed E-state index contributed by atoms with van der Waals surface area (Å²) >= 11 is 6.52. The molecule has 1 fully saturated rings. The second-order valence-corrected chi connectivity index (χ2v) is 8.82. The summed E-state index contributed by atoms with van der Waals surface area (Å²) in [6.07, 6.45) is 6.97. The summed E-state index contributed by atoms with van der Waals surface area (Å²) in [5.74, 6) is 0.425. The molecule has 8 heteroatoms. The van der Waals surface area contributed by atoms with Gasteiger partial charge in [-0.1, -0.05) is 36.4 Å². The maximum Gasteiger partial charge on any atom is 0.229 e. The molecule has 1 aliphatic heterocycles. The molecule has 1 aliphatic rings. The fraction of sp³-hybridized carbons (Fsp3) is 0.231. The molecule has 7 nitrogen and oxygen atoms in total. The molecular weight excluding hydrogens is 448 g/mol. The van der Waals surface area contributed by atoms with Crippen LogP contribution in [0, 0.1) is 0 Å². The van der Waals surface area contributed by atoms with Gasteiger partial charge in [0.05, 0.1) is 28.0 Å². The van der Waals surface area contributed by atoms with Crippen LogP contribution < -0.4 is 10.2 Å². The lowest BCUT2D eigenvalue weighted by atomic mass is 10.0. The van der Waals surface area contributed by atoms with E-state index in [1.165, 1.54) is 25.3 Å². The summed E-state index contributed by atoms with van der Waals surface area (Å²) in [6, 6.07) is 13.7. The second-order valence-electron chi connectivity index (χ2n) is 8.41. The predicted molar refractivity (Wildman–Crippen MR) is 137 cm³/mol. The van der Waals surface area contributed by atoms with Gasteiger partial charge in [0.1, 0.15) is 0 Å². The third-order valence-electron chi connectivity index (χ3n) is 6.02. The average molecular weight is 473 g/mol. The van der Waals surface area contributed by atoms with E-state index >= 15 is 0 Å². The van der Waals surface area contributed by atoms with Gasteiger partial charge in [-0.2, -0.15) is 10.1 Å². The third-order valence-corrected chi connectivity index (χ3v) is 6.33. The number of carbonyl (C=O) groups is 1. The standard InChI is InChI=1S/C26H25ClN6O/c1-2-20(34)14-17-7-6-8-18(13-17)24-21-16-28-32-25(21)31-26(30-24)29-19-9-10-22(27)23(15-19)33-11-4-3-5-12-33/h2,6-10,13,15-16H,1,3-5,11-12,14H2,(H2,28,29,30,31,32). The van der Waals surface area contributed by atoms with E-state index in [9.17, 15) is 4.79 Å². The number of hydrogen-bond donors (Lipinski definition) is 2. The number of aromatic amines is 1. The molecule has 2 aromatic carbocycles. The van der Waals surface area contributed by atoms with Crippen molar-refractivity contribution >= 4 is 45.7 Å². The van der Waals surface area contributed by atoms with Crippen LogP contribution in [0.5, 0.6) is 0 Å². The topological polar surface area (TPSA) is 86.8 Å². The highest BCUT2D eigenvalue weighted by Crippen LogP contribution is 2.33. The summed E-state index contributed by atoms with van der Waals surface area (Å²) in [7, 11) is 0. The molecule has 3 heterocycles. The first-order valence-corrected chi connectivity index (χ1v) is 11.8. The Bertz CT molecular complexity index is 1360. The number of aromatic nitrogens is 4. The molecule has 0 atom stereocenters. The van der Waals surface area contributed by atoms with Crippen LogP contribution in [0.1, 0.15) is 24.8 Å². The molecule has 172 valence electrons. The second kappa shape index (κ2) is 9.65. The van der Waals surface area contributed by atoms with Gasteiger partial charge < -0.3 is 10.2 Å². The fourth-order valence-corrected chi connectivity index (χ4v) is 4.55. The van der Waals surface area contributed by atoms with E-state index in [0.717, 1.165) is 51.7 Å². The lowest BCUT2D eigenvalue weighted by Gasteiger charge is -2.30. The van der Waals surface area contributed by atoms with Crippen LogP contribution >= 0.6 is 11.6 Å². The average Bonchev–Trinajstić information content (AvgIpc) is 3.34. The maximum absolute atomic E-state index is 11.8. The zero-order valence-corrected chi connectivity index (χ0v) is 19.5. The molecule has 2 aromatic heterocycles. The lowest BCUT2D eigenvalue weighted by molar-refractivity contribution is -0.114. The number of ketones is 1. The summed E-state index contributed by atoms with van der Waals surface area (Å²) in [6.45, 7) is 5.58. The first-order chi connectivity index (χ1) is 16.6. The number of carbonyl (C=O) groups excluding carboxylic acids is 1. The van der Waals surface area contributed by atoms with Crippen molar-refractivity contribution in [2.24, 2.45) is 0 Å². The van der Waals surface area contributed by atoms with Crippen LogP contribution in [0.3, 0.4) is 0 Å². The number of piperidine rings is 1. The van der Waals surface area contributed by atoms with E-state index < -0.39 is 0 Å². The highest BCUT2D eigenvalue weighted by molar-refractivity contribution is 6.33. The number of benzene rings is 2. The number of rotatable bonds is 7. The molecular formula is C26H25ClN6O. The van der Waals surface area contributed by atoms with Gasteiger partial charge in [0.25, 0.3) is 0 Å². The van der Waals surface area contributed by atoms with Gasteiger partial charge in [-0.05, 0) is 55.2 Å². The molecule has 2 N–H and O–H groups in total. The molecule has 4 aromatic rings. The zero-order chi connectivity index (χ0) is 23.5. The Morgan fingerprint density at radius 2 is 2.00 bits per heavy atom. The molecule has 0 saturated carbocycles. The molecule has 0 unspecified atom stereocenters. The van der Waals surface area contributed by atoms with Crippen LogP contribution in [-0.4, -0.2) is 39.0 Å². The van der Waals surface area contributed by atoms with Gasteiger partial charge in [0, 0.05) is 30.8 Å². The van der Waals surface area contributed by atoms with Gasteiger partial charge in [-0.25, -0.2) is 4.98 Å². The highest BCUT2D eigenvalue weighted by Gasteiger charge is 2.16. The first kappa shape index (κ1) is 22.1. The van der Waals surface area contributed by atoms with Gasteiger partial charge >= 0.3 is 0 Å². The normalized spacial score (nSPS) is 13.7. The Kier molecular flexibility index (Phi) is 6.27. The number of fused-ring (bicyclic) bond motifs is 1. The van der Waals surface area contributed by atoms with Gasteiger partial charge in [-0.3, -0.25) is 9.89 Å². The van der Waals surface area contributed by atoms with Crippen molar-refractivity contribution in [3.05, 3.63) is 71.9 Å². The van der Waals surface area contributed by atoms with Gasteiger partial charge in [0.2, 0.25) is 5.95 Å². The SMILES string of the molecule is C=CC(=O)Cc1cccc(-c2nc(Nc3ccc(Cl)c(N4CCCCC4)c3)nc3[nH]ncc23)c1. The maximum atomic E-state index is 11.8. The number of H-pyrrole nitrogens is 1. The molecule has 0 bridgehead atoms.